The third kappa shape index (κ3) is 5.65. The molecule has 3 heteroatoms. The fourth-order valence-corrected chi connectivity index (χ4v) is 3.69. The number of benzene rings is 1. The Morgan fingerprint density at radius 3 is 2.48 bits per heavy atom. The molecule has 0 bridgehead atoms. The summed E-state index contributed by atoms with van der Waals surface area (Å²) in [5, 5.41) is 3.21. The van der Waals surface area contributed by atoms with E-state index < -0.39 is 0 Å². The van der Waals surface area contributed by atoms with Crippen LogP contribution in [0.4, 0.5) is 0 Å². The molecule has 1 atom stereocenters. The van der Waals surface area contributed by atoms with Crippen LogP contribution in [0.2, 0.25) is 0 Å². The predicted octanol–water partition coefficient (Wildman–Crippen LogP) is 3.59. The van der Waals surface area contributed by atoms with Gasteiger partial charge in [0.1, 0.15) is 0 Å². The summed E-state index contributed by atoms with van der Waals surface area (Å²) in [7, 11) is 2.16. The van der Waals surface area contributed by atoms with E-state index in [0.29, 0.717) is 12.3 Å². The Kier molecular flexibility index (Phi) is 6.23. The molecule has 23 heavy (non-hydrogen) atoms. The SMILES string of the molecule is C[C@H](CC(C)(C)c1ccccc1)NC(=O)CC1CCN(C)CC1. The van der Waals surface area contributed by atoms with Crippen molar-refractivity contribution in [1.82, 2.24) is 10.2 Å². The first-order valence-electron chi connectivity index (χ1n) is 8.90. The molecule has 0 aliphatic carbocycles. The molecule has 1 heterocycles. The Bertz CT molecular complexity index is 490. The molecule has 0 aromatic heterocycles. The van der Waals surface area contributed by atoms with Crippen LogP contribution >= 0.6 is 0 Å². The van der Waals surface area contributed by atoms with Crippen LogP contribution in [0.5, 0.6) is 0 Å². The van der Waals surface area contributed by atoms with Gasteiger partial charge < -0.3 is 10.2 Å². The molecular formula is C20H32N2O. The van der Waals surface area contributed by atoms with E-state index in [1.807, 2.05) is 6.07 Å². The second-order valence-electron chi connectivity index (χ2n) is 7.87. The molecule has 0 radical (unpaired) electrons. The van der Waals surface area contributed by atoms with E-state index in [0.717, 1.165) is 32.4 Å². The van der Waals surface area contributed by atoms with Gasteiger partial charge in [0, 0.05) is 12.5 Å². The number of rotatable bonds is 6. The summed E-state index contributed by atoms with van der Waals surface area (Å²) >= 11 is 0. The maximum absolute atomic E-state index is 12.3. The van der Waals surface area contributed by atoms with Gasteiger partial charge in [-0.2, -0.15) is 0 Å². The van der Waals surface area contributed by atoms with Gasteiger partial charge in [0.05, 0.1) is 0 Å². The highest BCUT2D eigenvalue weighted by molar-refractivity contribution is 5.76. The number of hydrogen-bond acceptors (Lipinski definition) is 2. The lowest BCUT2D eigenvalue weighted by molar-refractivity contribution is -0.123. The second kappa shape index (κ2) is 7.96. The van der Waals surface area contributed by atoms with Crippen molar-refractivity contribution in [2.45, 2.75) is 57.9 Å². The van der Waals surface area contributed by atoms with Crippen LogP contribution in [0.1, 0.15) is 52.0 Å². The Morgan fingerprint density at radius 2 is 1.87 bits per heavy atom. The fourth-order valence-electron chi connectivity index (χ4n) is 3.69. The van der Waals surface area contributed by atoms with E-state index in [1.54, 1.807) is 0 Å². The summed E-state index contributed by atoms with van der Waals surface area (Å²) < 4.78 is 0. The monoisotopic (exact) mass is 316 g/mol. The van der Waals surface area contributed by atoms with Crippen molar-refractivity contribution in [2.24, 2.45) is 5.92 Å². The lowest BCUT2D eigenvalue weighted by Gasteiger charge is -2.31. The van der Waals surface area contributed by atoms with Gasteiger partial charge in [-0.05, 0) is 63.2 Å². The number of amides is 1. The highest BCUT2D eigenvalue weighted by Gasteiger charge is 2.25. The highest BCUT2D eigenvalue weighted by Crippen LogP contribution is 2.28. The van der Waals surface area contributed by atoms with Crippen LogP contribution < -0.4 is 5.32 Å². The zero-order chi connectivity index (χ0) is 16.9. The molecule has 0 saturated carbocycles. The van der Waals surface area contributed by atoms with Crippen LogP contribution in [0.3, 0.4) is 0 Å². The summed E-state index contributed by atoms with van der Waals surface area (Å²) in [6, 6.07) is 10.8. The quantitative estimate of drug-likeness (QED) is 0.870. The molecule has 1 aliphatic heterocycles. The van der Waals surface area contributed by atoms with Crippen molar-refractivity contribution in [3.8, 4) is 0 Å². The molecule has 1 aromatic carbocycles. The molecule has 2 rings (SSSR count). The molecule has 1 fully saturated rings. The van der Waals surface area contributed by atoms with Gasteiger partial charge >= 0.3 is 0 Å². The van der Waals surface area contributed by atoms with E-state index in [1.165, 1.54) is 5.56 Å². The average Bonchev–Trinajstić information content (AvgIpc) is 2.49. The Balaban J connectivity index is 1.79. The van der Waals surface area contributed by atoms with Crippen LogP contribution in [0, 0.1) is 5.92 Å². The zero-order valence-corrected chi connectivity index (χ0v) is 15.1. The van der Waals surface area contributed by atoms with E-state index in [9.17, 15) is 4.79 Å². The molecule has 0 unspecified atom stereocenters. The highest BCUT2D eigenvalue weighted by atomic mass is 16.1. The summed E-state index contributed by atoms with van der Waals surface area (Å²) in [4.78, 5) is 14.6. The van der Waals surface area contributed by atoms with E-state index in [4.69, 9.17) is 0 Å². The third-order valence-corrected chi connectivity index (χ3v) is 5.09. The topological polar surface area (TPSA) is 32.3 Å². The zero-order valence-electron chi connectivity index (χ0n) is 15.1. The lowest BCUT2D eigenvalue weighted by atomic mass is 9.79. The van der Waals surface area contributed by atoms with Crippen LogP contribution in [-0.2, 0) is 10.2 Å². The first kappa shape index (κ1) is 18.0. The lowest BCUT2D eigenvalue weighted by Crippen LogP contribution is -2.39. The molecule has 1 N–H and O–H groups in total. The minimum Gasteiger partial charge on any atom is -0.354 e. The van der Waals surface area contributed by atoms with Gasteiger partial charge in [-0.3, -0.25) is 4.79 Å². The average molecular weight is 316 g/mol. The molecule has 1 amide bonds. The molecule has 1 aromatic rings. The molecule has 1 saturated heterocycles. The first-order valence-corrected chi connectivity index (χ1v) is 8.90. The van der Waals surface area contributed by atoms with Crippen molar-refractivity contribution in [3.63, 3.8) is 0 Å². The van der Waals surface area contributed by atoms with Crippen LogP contribution in [0.25, 0.3) is 0 Å². The van der Waals surface area contributed by atoms with Gasteiger partial charge in [0.15, 0.2) is 0 Å². The van der Waals surface area contributed by atoms with Crippen molar-refractivity contribution in [3.05, 3.63) is 35.9 Å². The number of hydrogen-bond donors (Lipinski definition) is 1. The number of likely N-dealkylation sites (tertiary alicyclic amines) is 1. The molecule has 3 nitrogen and oxygen atoms in total. The molecule has 0 spiro atoms. The summed E-state index contributed by atoms with van der Waals surface area (Å²) in [5.74, 6) is 0.774. The standard InChI is InChI=1S/C20H32N2O/c1-16(15-20(2,3)18-8-6-5-7-9-18)21-19(23)14-17-10-12-22(4)13-11-17/h5-9,16-17H,10-15H2,1-4H3,(H,21,23)/t16-/m1/s1. The largest absolute Gasteiger partial charge is 0.354 e. The second-order valence-corrected chi connectivity index (χ2v) is 7.87. The smallest absolute Gasteiger partial charge is 0.220 e. The maximum Gasteiger partial charge on any atom is 0.220 e. The van der Waals surface area contributed by atoms with Crippen LogP contribution in [0.15, 0.2) is 30.3 Å². The third-order valence-electron chi connectivity index (χ3n) is 5.09. The predicted molar refractivity (Wildman–Crippen MR) is 96.5 cm³/mol. The molecule has 1 aliphatic rings. The van der Waals surface area contributed by atoms with Crippen molar-refractivity contribution >= 4 is 5.91 Å². The Morgan fingerprint density at radius 1 is 1.26 bits per heavy atom. The molecule has 128 valence electrons. The van der Waals surface area contributed by atoms with Gasteiger partial charge in [0.25, 0.3) is 0 Å². The van der Waals surface area contributed by atoms with Gasteiger partial charge in [0.2, 0.25) is 5.91 Å². The summed E-state index contributed by atoms with van der Waals surface area (Å²) in [5.41, 5.74) is 1.40. The van der Waals surface area contributed by atoms with Gasteiger partial charge in [-0.15, -0.1) is 0 Å². The first-order chi connectivity index (χ1) is 10.9. The van der Waals surface area contributed by atoms with Crippen molar-refractivity contribution in [2.75, 3.05) is 20.1 Å². The number of nitrogens with zero attached hydrogens (tertiary/aromatic N) is 1. The summed E-state index contributed by atoms with van der Waals surface area (Å²) in [6.45, 7) is 8.87. The number of nitrogens with one attached hydrogen (secondary N) is 1. The number of carbonyl (C=O) groups excluding carboxylic acids is 1. The van der Waals surface area contributed by atoms with Crippen molar-refractivity contribution < 1.29 is 4.79 Å². The minimum absolute atomic E-state index is 0.0709. The van der Waals surface area contributed by atoms with E-state index in [2.05, 4.69) is 62.3 Å². The Labute approximate surface area is 141 Å². The van der Waals surface area contributed by atoms with E-state index >= 15 is 0 Å². The van der Waals surface area contributed by atoms with Crippen LogP contribution in [-0.4, -0.2) is 37.0 Å². The molecular weight excluding hydrogens is 284 g/mol. The fraction of sp³-hybridized carbons (Fsp3) is 0.650. The minimum atomic E-state index is 0.0709. The number of carbonyl (C=O) groups is 1. The Hall–Kier alpha value is -1.35. The summed E-state index contributed by atoms with van der Waals surface area (Å²) in [6.07, 6.45) is 3.93. The van der Waals surface area contributed by atoms with Gasteiger partial charge in [-0.25, -0.2) is 0 Å². The van der Waals surface area contributed by atoms with Crippen molar-refractivity contribution in [1.29, 1.82) is 0 Å². The number of piperidine rings is 1. The maximum atomic E-state index is 12.3. The normalized spacial score (nSPS) is 18.6. The van der Waals surface area contributed by atoms with Gasteiger partial charge in [-0.1, -0.05) is 44.2 Å². The van der Waals surface area contributed by atoms with E-state index in [-0.39, 0.29) is 17.4 Å².